The molecule has 1 N–H and O–H groups in total. The number of halogens is 1. The molecule has 0 amide bonds. The topological polar surface area (TPSA) is 62.6 Å². The lowest BCUT2D eigenvalue weighted by Gasteiger charge is -2.27. The van der Waals surface area contributed by atoms with Crippen LogP contribution in [-0.4, -0.2) is 36.4 Å². The quantitative estimate of drug-likeness (QED) is 0.606. The maximum Gasteiger partial charge on any atom is 0.147 e. The Kier molecular flexibility index (Phi) is 3.94. The number of H-pyrrole nitrogens is 1. The number of fused-ring (bicyclic) bond motifs is 2. The van der Waals surface area contributed by atoms with Crippen molar-refractivity contribution in [2.24, 2.45) is 0 Å². The van der Waals surface area contributed by atoms with Crippen LogP contribution in [0, 0.1) is 5.82 Å². The third-order valence-electron chi connectivity index (χ3n) is 5.13. The van der Waals surface area contributed by atoms with E-state index in [-0.39, 0.29) is 5.82 Å². The molecule has 136 valence electrons. The van der Waals surface area contributed by atoms with Crippen LogP contribution in [0.15, 0.2) is 48.7 Å². The fourth-order valence-corrected chi connectivity index (χ4v) is 3.69. The number of hydrogen-bond donors (Lipinski definition) is 1. The van der Waals surface area contributed by atoms with Crippen LogP contribution in [0.4, 0.5) is 4.39 Å². The first-order valence-electron chi connectivity index (χ1n) is 9.05. The second-order valence-corrected chi connectivity index (χ2v) is 6.95. The van der Waals surface area contributed by atoms with E-state index in [1.807, 2.05) is 12.3 Å². The summed E-state index contributed by atoms with van der Waals surface area (Å²) in [5, 5.41) is 16.9. The molecule has 0 atom stereocenters. The van der Waals surface area contributed by atoms with Crippen molar-refractivity contribution in [1.82, 2.24) is 29.9 Å². The molecule has 0 saturated carbocycles. The smallest absolute Gasteiger partial charge is 0.147 e. The van der Waals surface area contributed by atoms with Crippen molar-refractivity contribution in [2.45, 2.75) is 26.1 Å². The Hall–Kier alpha value is -3.06. The summed E-state index contributed by atoms with van der Waals surface area (Å²) in [6.07, 6.45) is 2.30. The molecule has 0 spiro atoms. The molecule has 6 nitrogen and oxygen atoms in total. The van der Waals surface area contributed by atoms with Gasteiger partial charge in [-0.2, -0.15) is 5.10 Å². The number of aromatic nitrogens is 5. The zero-order chi connectivity index (χ0) is 18.2. The number of hydrogen-bond acceptors (Lipinski definition) is 4. The van der Waals surface area contributed by atoms with E-state index in [2.05, 4.69) is 48.1 Å². The molecule has 4 aromatic rings. The van der Waals surface area contributed by atoms with E-state index in [0.717, 1.165) is 48.7 Å². The van der Waals surface area contributed by atoms with Gasteiger partial charge in [-0.1, -0.05) is 30.3 Å². The van der Waals surface area contributed by atoms with Crippen molar-refractivity contribution >= 4 is 10.9 Å². The van der Waals surface area contributed by atoms with Crippen molar-refractivity contribution in [3.05, 3.63) is 77.3 Å². The van der Waals surface area contributed by atoms with Crippen LogP contribution in [0.1, 0.15) is 22.8 Å². The summed E-state index contributed by atoms with van der Waals surface area (Å²) >= 11 is 0. The summed E-state index contributed by atoms with van der Waals surface area (Å²) in [5.74, 6) is 1.57. The average Bonchev–Trinajstić information content (AvgIpc) is 3.30. The van der Waals surface area contributed by atoms with Crippen LogP contribution in [0.5, 0.6) is 0 Å². The van der Waals surface area contributed by atoms with Gasteiger partial charge in [-0.05, 0) is 23.3 Å². The number of nitrogens with zero attached hydrogens (tertiary/aromatic N) is 5. The van der Waals surface area contributed by atoms with Gasteiger partial charge in [0.25, 0.3) is 0 Å². The fraction of sp³-hybridized carbons (Fsp3) is 0.250. The lowest BCUT2D eigenvalue weighted by Crippen LogP contribution is -2.34. The van der Waals surface area contributed by atoms with Gasteiger partial charge in [0.05, 0.1) is 18.3 Å². The van der Waals surface area contributed by atoms with Gasteiger partial charge >= 0.3 is 0 Å². The van der Waals surface area contributed by atoms with Crippen molar-refractivity contribution in [2.75, 3.05) is 6.54 Å². The molecule has 0 saturated heterocycles. The highest BCUT2D eigenvalue weighted by Gasteiger charge is 2.21. The van der Waals surface area contributed by atoms with E-state index < -0.39 is 0 Å². The van der Waals surface area contributed by atoms with Crippen LogP contribution in [0.25, 0.3) is 10.9 Å². The number of aromatic amines is 1. The Labute approximate surface area is 155 Å². The molecule has 5 rings (SSSR count). The Morgan fingerprint density at radius 2 is 2.00 bits per heavy atom. The monoisotopic (exact) mass is 362 g/mol. The molecule has 0 fully saturated rings. The van der Waals surface area contributed by atoms with Gasteiger partial charge in [-0.15, -0.1) is 10.2 Å². The molecule has 27 heavy (non-hydrogen) atoms. The zero-order valence-corrected chi connectivity index (χ0v) is 14.8. The first-order chi connectivity index (χ1) is 13.3. The first kappa shape index (κ1) is 16.1. The van der Waals surface area contributed by atoms with Crippen LogP contribution in [0.2, 0.25) is 0 Å². The Bertz CT molecular complexity index is 1100. The van der Waals surface area contributed by atoms with E-state index in [9.17, 15) is 4.39 Å². The van der Waals surface area contributed by atoms with Crippen LogP contribution >= 0.6 is 0 Å². The Balaban J connectivity index is 1.31. The lowest BCUT2D eigenvalue weighted by atomic mass is 10.1. The predicted octanol–water partition coefficient (Wildman–Crippen LogP) is 2.90. The van der Waals surface area contributed by atoms with Crippen LogP contribution < -0.4 is 0 Å². The highest BCUT2D eigenvalue weighted by molar-refractivity contribution is 5.78. The molecule has 0 aliphatic carbocycles. The van der Waals surface area contributed by atoms with E-state index in [1.165, 1.54) is 11.6 Å². The van der Waals surface area contributed by atoms with Crippen LogP contribution in [-0.2, 0) is 26.1 Å². The number of rotatable bonds is 4. The van der Waals surface area contributed by atoms with E-state index in [4.69, 9.17) is 0 Å². The van der Waals surface area contributed by atoms with Crippen molar-refractivity contribution in [3.8, 4) is 0 Å². The van der Waals surface area contributed by atoms with Gasteiger partial charge < -0.3 is 4.57 Å². The molecule has 1 aliphatic heterocycles. The normalized spacial score (nSPS) is 14.6. The minimum atomic E-state index is -0.193. The largest absolute Gasteiger partial charge is 0.312 e. The molecule has 1 aliphatic rings. The maximum atomic E-state index is 13.9. The van der Waals surface area contributed by atoms with Gasteiger partial charge in [0, 0.05) is 31.4 Å². The Morgan fingerprint density at radius 3 is 2.93 bits per heavy atom. The predicted molar refractivity (Wildman–Crippen MR) is 99.4 cm³/mol. The summed E-state index contributed by atoms with van der Waals surface area (Å²) in [4.78, 5) is 2.36. The van der Waals surface area contributed by atoms with Crippen molar-refractivity contribution in [3.63, 3.8) is 0 Å². The summed E-state index contributed by atoms with van der Waals surface area (Å²) in [6.45, 7) is 3.32. The second kappa shape index (κ2) is 6.59. The van der Waals surface area contributed by atoms with Gasteiger partial charge in [0.2, 0.25) is 0 Å². The molecule has 2 aromatic heterocycles. The molecule has 3 heterocycles. The highest BCUT2D eigenvalue weighted by Crippen LogP contribution is 2.20. The minimum absolute atomic E-state index is 0.193. The molecular formula is C20H19FN6. The standard InChI is InChI=1S/C20H19FN6/c21-17-4-2-1-3-15(17)10-19-24-25-20-13-26(7-8-27(19)20)12-14-5-6-16-11-22-23-18(16)9-14/h1-6,9,11H,7-8,10,12-13H2,(H,22,23). The van der Waals surface area contributed by atoms with Crippen LogP contribution in [0.3, 0.4) is 0 Å². The third kappa shape index (κ3) is 3.10. The average molecular weight is 362 g/mol. The first-order valence-corrected chi connectivity index (χ1v) is 9.05. The van der Waals surface area contributed by atoms with Crippen molar-refractivity contribution in [1.29, 1.82) is 0 Å². The maximum absolute atomic E-state index is 13.9. The molecule has 7 heteroatoms. The molecule has 0 bridgehead atoms. The summed E-state index contributed by atoms with van der Waals surface area (Å²) < 4.78 is 16.1. The SMILES string of the molecule is Fc1ccccc1Cc1nnc2n1CCN(Cc1ccc3cn[nH]c3c1)C2. The highest BCUT2D eigenvalue weighted by atomic mass is 19.1. The molecule has 0 unspecified atom stereocenters. The third-order valence-corrected chi connectivity index (χ3v) is 5.13. The second-order valence-electron chi connectivity index (χ2n) is 6.95. The van der Waals surface area contributed by atoms with Gasteiger partial charge in [0.15, 0.2) is 0 Å². The molecule has 2 aromatic carbocycles. The van der Waals surface area contributed by atoms with Gasteiger partial charge in [-0.25, -0.2) is 4.39 Å². The number of nitrogens with one attached hydrogen (secondary N) is 1. The lowest BCUT2D eigenvalue weighted by molar-refractivity contribution is 0.207. The summed E-state index contributed by atoms with van der Waals surface area (Å²) in [6, 6.07) is 13.2. The van der Waals surface area contributed by atoms with Gasteiger partial charge in [-0.3, -0.25) is 10.00 Å². The summed E-state index contributed by atoms with van der Waals surface area (Å²) in [7, 11) is 0. The van der Waals surface area contributed by atoms with E-state index in [1.54, 1.807) is 12.1 Å². The van der Waals surface area contributed by atoms with Gasteiger partial charge in [0.1, 0.15) is 17.5 Å². The zero-order valence-electron chi connectivity index (χ0n) is 14.8. The van der Waals surface area contributed by atoms with E-state index >= 15 is 0 Å². The number of benzene rings is 2. The minimum Gasteiger partial charge on any atom is -0.312 e. The Morgan fingerprint density at radius 1 is 1.07 bits per heavy atom. The van der Waals surface area contributed by atoms with E-state index in [0.29, 0.717) is 12.0 Å². The molecule has 0 radical (unpaired) electrons. The molecular weight excluding hydrogens is 343 g/mol. The summed E-state index contributed by atoms with van der Waals surface area (Å²) in [5.41, 5.74) is 2.95. The van der Waals surface area contributed by atoms with Crippen molar-refractivity contribution < 1.29 is 4.39 Å². The fourth-order valence-electron chi connectivity index (χ4n) is 3.69.